The predicted molar refractivity (Wildman–Crippen MR) is 125 cm³/mol. The van der Waals surface area contributed by atoms with Gasteiger partial charge in [0.2, 0.25) is 5.91 Å². The number of hydrogen-bond donors (Lipinski definition) is 0. The van der Waals surface area contributed by atoms with Crippen LogP contribution in [-0.4, -0.2) is 65.3 Å². The van der Waals surface area contributed by atoms with Crippen molar-refractivity contribution in [3.63, 3.8) is 0 Å². The lowest BCUT2D eigenvalue weighted by Gasteiger charge is -2.37. The van der Waals surface area contributed by atoms with Crippen LogP contribution >= 0.6 is 11.6 Å². The highest BCUT2D eigenvalue weighted by Gasteiger charge is 2.22. The van der Waals surface area contributed by atoms with Gasteiger partial charge in [-0.05, 0) is 36.8 Å². The molecule has 7 heteroatoms. The van der Waals surface area contributed by atoms with E-state index in [4.69, 9.17) is 11.6 Å². The molecule has 162 valence electrons. The first-order valence-electron chi connectivity index (χ1n) is 10.6. The largest absolute Gasteiger partial charge is 0.369 e. The highest BCUT2D eigenvalue weighted by Crippen LogP contribution is 2.25. The summed E-state index contributed by atoms with van der Waals surface area (Å²) in [4.78, 5) is 19.1. The Balaban J connectivity index is 1.28. The molecule has 1 aliphatic heterocycles. The number of rotatable bonds is 6. The number of para-hydroxylation sites is 1. The van der Waals surface area contributed by atoms with Crippen LogP contribution in [0.5, 0.6) is 0 Å². The fraction of sp³-hybridized carbons (Fsp3) is 0.333. The number of amides is 1. The third kappa shape index (κ3) is 5.27. The van der Waals surface area contributed by atoms with Crippen LogP contribution in [0.1, 0.15) is 11.1 Å². The average Bonchev–Trinajstić information content (AvgIpc) is 3.25. The molecule has 0 N–H and O–H groups in total. The predicted octanol–water partition coefficient (Wildman–Crippen LogP) is 3.61. The Bertz CT molecular complexity index is 1030. The van der Waals surface area contributed by atoms with E-state index in [2.05, 4.69) is 27.9 Å². The highest BCUT2D eigenvalue weighted by atomic mass is 35.5. The number of carbonyl (C=O) groups excluding carboxylic acids is 1. The average molecular weight is 438 g/mol. The van der Waals surface area contributed by atoms with Gasteiger partial charge in [0.15, 0.2) is 0 Å². The van der Waals surface area contributed by atoms with Crippen molar-refractivity contribution in [2.75, 3.05) is 44.7 Å². The lowest BCUT2D eigenvalue weighted by molar-refractivity contribution is -0.131. The Labute approximate surface area is 188 Å². The van der Waals surface area contributed by atoms with Gasteiger partial charge in [0.1, 0.15) is 0 Å². The monoisotopic (exact) mass is 437 g/mol. The lowest BCUT2D eigenvalue weighted by Crippen LogP contribution is -2.49. The molecule has 2 aromatic carbocycles. The van der Waals surface area contributed by atoms with Gasteiger partial charge in [0, 0.05) is 62.2 Å². The zero-order valence-electron chi connectivity index (χ0n) is 18.0. The Morgan fingerprint density at radius 3 is 2.58 bits per heavy atom. The summed E-state index contributed by atoms with van der Waals surface area (Å²) in [5.74, 6) is 0.125. The van der Waals surface area contributed by atoms with E-state index < -0.39 is 0 Å². The number of carbonyl (C=O) groups is 1. The molecule has 0 aliphatic carbocycles. The van der Waals surface area contributed by atoms with Gasteiger partial charge >= 0.3 is 0 Å². The third-order valence-electron chi connectivity index (χ3n) is 5.75. The number of aromatic nitrogens is 2. The van der Waals surface area contributed by atoms with E-state index in [1.807, 2.05) is 66.6 Å². The number of hydrogen-bond acceptors (Lipinski definition) is 4. The molecule has 0 radical (unpaired) electrons. The second-order valence-electron chi connectivity index (χ2n) is 8.07. The molecule has 31 heavy (non-hydrogen) atoms. The van der Waals surface area contributed by atoms with Gasteiger partial charge in [-0.2, -0.15) is 5.10 Å². The second kappa shape index (κ2) is 9.54. The van der Waals surface area contributed by atoms with Gasteiger partial charge in [-0.3, -0.25) is 9.69 Å². The number of likely N-dealkylation sites (N-methyl/N-ethyl adjacent to an activating group) is 1. The first-order valence-corrected chi connectivity index (χ1v) is 10.9. The van der Waals surface area contributed by atoms with E-state index in [9.17, 15) is 4.79 Å². The molecule has 3 aromatic rings. The van der Waals surface area contributed by atoms with Crippen molar-refractivity contribution in [1.82, 2.24) is 19.6 Å². The Morgan fingerprint density at radius 1 is 1.10 bits per heavy atom. The molecule has 0 saturated carbocycles. The second-order valence-corrected chi connectivity index (χ2v) is 8.51. The summed E-state index contributed by atoms with van der Waals surface area (Å²) in [6, 6.07) is 16.0. The normalized spacial score (nSPS) is 14.6. The van der Waals surface area contributed by atoms with Crippen LogP contribution in [0.15, 0.2) is 60.9 Å². The summed E-state index contributed by atoms with van der Waals surface area (Å²) in [7, 11) is 1.85. The fourth-order valence-electron chi connectivity index (χ4n) is 3.91. The van der Waals surface area contributed by atoms with Crippen molar-refractivity contribution in [3.05, 3.63) is 77.1 Å². The summed E-state index contributed by atoms with van der Waals surface area (Å²) in [5, 5.41) is 5.18. The van der Waals surface area contributed by atoms with Crippen LogP contribution in [-0.2, 0) is 11.3 Å². The highest BCUT2D eigenvalue weighted by molar-refractivity contribution is 6.30. The van der Waals surface area contributed by atoms with Crippen molar-refractivity contribution in [2.24, 2.45) is 0 Å². The molecule has 1 fully saturated rings. The van der Waals surface area contributed by atoms with Gasteiger partial charge in [-0.1, -0.05) is 35.9 Å². The summed E-state index contributed by atoms with van der Waals surface area (Å²) in [6.07, 6.45) is 3.80. The first-order chi connectivity index (χ1) is 15.0. The third-order valence-corrected chi connectivity index (χ3v) is 5.98. The molecule has 0 unspecified atom stereocenters. The fourth-order valence-corrected chi connectivity index (χ4v) is 4.07. The van der Waals surface area contributed by atoms with Gasteiger partial charge < -0.3 is 9.80 Å². The maximum atomic E-state index is 12.8. The molecule has 2 heterocycles. The molecule has 0 spiro atoms. The molecule has 1 saturated heterocycles. The van der Waals surface area contributed by atoms with E-state index in [1.54, 1.807) is 4.90 Å². The molecule has 0 atom stereocenters. The van der Waals surface area contributed by atoms with Crippen LogP contribution in [0.3, 0.4) is 0 Å². The summed E-state index contributed by atoms with van der Waals surface area (Å²) in [6.45, 7) is 6.59. The maximum absolute atomic E-state index is 12.8. The molecule has 4 rings (SSSR count). The molecule has 6 nitrogen and oxygen atoms in total. The minimum atomic E-state index is 0.125. The van der Waals surface area contributed by atoms with E-state index in [0.29, 0.717) is 13.1 Å². The number of halogens is 1. The topological polar surface area (TPSA) is 44.6 Å². The first kappa shape index (κ1) is 21.4. The summed E-state index contributed by atoms with van der Waals surface area (Å²) in [5.41, 5.74) is 4.44. The van der Waals surface area contributed by atoms with Gasteiger partial charge in [-0.25, -0.2) is 4.68 Å². The van der Waals surface area contributed by atoms with Crippen molar-refractivity contribution < 1.29 is 4.79 Å². The quantitative estimate of drug-likeness (QED) is 0.591. The number of piperazine rings is 1. The van der Waals surface area contributed by atoms with Crippen LogP contribution < -0.4 is 4.90 Å². The standard InChI is InChI=1S/C24H28ClN5O/c1-19-8-9-21(25)14-23(19)29-12-10-28(11-13-29)18-24(31)27(2)16-20-15-26-30(17-20)22-6-4-3-5-7-22/h3-9,14-15,17H,10-13,16,18H2,1-2H3. The van der Waals surface area contributed by atoms with Crippen LogP contribution in [0.25, 0.3) is 5.69 Å². The van der Waals surface area contributed by atoms with Gasteiger partial charge in [-0.15, -0.1) is 0 Å². The van der Waals surface area contributed by atoms with Crippen molar-refractivity contribution >= 4 is 23.2 Å². The lowest BCUT2D eigenvalue weighted by atomic mass is 10.1. The Hall–Kier alpha value is -2.83. The van der Waals surface area contributed by atoms with Crippen LogP contribution in [0, 0.1) is 6.92 Å². The summed E-state index contributed by atoms with van der Waals surface area (Å²) < 4.78 is 1.84. The van der Waals surface area contributed by atoms with Gasteiger partial charge in [0.05, 0.1) is 18.4 Å². The maximum Gasteiger partial charge on any atom is 0.236 e. The number of nitrogens with zero attached hydrogens (tertiary/aromatic N) is 5. The van der Waals surface area contributed by atoms with Crippen LogP contribution in [0.2, 0.25) is 5.02 Å². The molecule has 1 aromatic heterocycles. The van der Waals surface area contributed by atoms with E-state index in [-0.39, 0.29) is 5.91 Å². The Morgan fingerprint density at radius 2 is 1.84 bits per heavy atom. The molecule has 1 aliphatic rings. The summed E-state index contributed by atoms with van der Waals surface area (Å²) >= 11 is 6.18. The smallest absolute Gasteiger partial charge is 0.236 e. The van der Waals surface area contributed by atoms with E-state index >= 15 is 0 Å². The van der Waals surface area contributed by atoms with Gasteiger partial charge in [0.25, 0.3) is 0 Å². The Kier molecular flexibility index (Phi) is 6.59. The minimum Gasteiger partial charge on any atom is -0.369 e. The SMILES string of the molecule is Cc1ccc(Cl)cc1N1CCN(CC(=O)N(C)Cc2cnn(-c3ccccc3)c2)CC1. The van der Waals surface area contributed by atoms with Crippen LogP contribution in [0.4, 0.5) is 5.69 Å². The van der Waals surface area contributed by atoms with Crippen molar-refractivity contribution in [3.8, 4) is 5.69 Å². The zero-order chi connectivity index (χ0) is 21.8. The number of anilines is 1. The molecule has 0 bridgehead atoms. The number of aryl methyl sites for hydroxylation is 1. The molecular formula is C24H28ClN5O. The van der Waals surface area contributed by atoms with Crippen molar-refractivity contribution in [2.45, 2.75) is 13.5 Å². The molecular weight excluding hydrogens is 410 g/mol. The minimum absolute atomic E-state index is 0.125. The van der Waals surface area contributed by atoms with E-state index in [1.165, 1.54) is 11.3 Å². The number of benzene rings is 2. The van der Waals surface area contributed by atoms with Crippen molar-refractivity contribution in [1.29, 1.82) is 0 Å². The molecule has 1 amide bonds. The zero-order valence-corrected chi connectivity index (χ0v) is 18.8. The van der Waals surface area contributed by atoms with E-state index in [0.717, 1.165) is 42.5 Å².